The average molecular weight is 364 g/mol. The highest BCUT2D eigenvalue weighted by molar-refractivity contribution is 5.94. The first-order valence-electron chi connectivity index (χ1n) is 8.38. The molecule has 4 nitrogen and oxygen atoms in total. The van der Waals surface area contributed by atoms with E-state index in [1.807, 2.05) is 0 Å². The molecule has 7 heteroatoms. The third kappa shape index (κ3) is 4.54. The fourth-order valence-electron chi connectivity index (χ4n) is 2.84. The molecule has 26 heavy (non-hydrogen) atoms. The Kier molecular flexibility index (Phi) is 5.78. The van der Waals surface area contributed by atoms with Crippen molar-refractivity contribution in [3.05, 3.63) is 65.5 Å². The van der Waals surface area contributed by atoms with Gasteiger partial charge in [-0.3, -0.25) is 9.69 Å². The molecule has 0 aromatic heterocycles. The molecule has 0 N–H and O–H groups in total. The SMILES string of the molecule is O=C(c1ccc(F)c(F)c1)N1CCN(CCOc2cccc(F)c2)CC1. The third-order valence-corrected chi connectivity index (χ3v) is 4.30. The molecule has 3 rings (SSSR count). The number of carbonyl (C=O) groups excluding carboxylic acids is 1. The number of rotatable bonds is 5. The Morgan fingerprint density at radius 1 is 0.962 bits per heavy atom. The number of hydrogen-bond acceptors (Lipinski definition) is 3. The Labute approximate surface area is 149 Å². The molecule has 2 aromatic carbocycles. The van der Waals surface area contributed by atoms with E-state index in [9.17, 15) is 18.0 Å². The Morgan fingerprint density at radius 2 is 1.73 bits per heavy atom. The van der Waals surface area contributed by atoms with Crippen LogP contribution in [-0.4, -0.2) is 55.0 Å². The molecule has 2 aromatic rings. The van der Waals surface area contributed by atoms with Gasteiger partial charge in [-0.2, -0.15) is 0 Å². The number of ether oxygens (including phenoxy) is 1. The van der Waals surface area contributed by atoms with Crippen LogP contribution in [0, 0.1) is 17.5 Å². The van der Waals surface area contributed by atoms with Crippen molar-refractivity contribution in [2.45, 2.75) is 0 Å². The van der Waals surface area contributed by atoms with Crippen LogP contribution in [0.25, 0.3) is 0 Å². The van der Waals surface area contributed by atoms with Gasteiger partial charge in [0.1, 0.15) is 18.2 Å². The van der Waals surface area contributed by atoms with Crippen LogP contribution in [0.15, 0.2) is 42.5 Å². The minimum absolute atomic E-state index is 0.145. The Balaban J connectivity index is 1.45. The summed E-state index contributed by atoms with van der Waals surface area (Å²) in [5, 5.41) is 0. The molecular formula is C19H19F3N2O2. The summed E-state index contributed by atoms with van der Waals surface area (Å²) < 4.78 is 44.9. The second kappa shape index (κ2) is 8.23. The normalized spacial score (nSPS) is 15.1. The number of nitrogens with zero attached hydrogens (tertiary/aromatic N) is 2. The van der Waals surface area contributed by atoms with Crippen LogP contribution in [0.3, 0.4) is 0 Å². The van der Waals surface area contributed by atoms with Crippen LogP contribution in [0.4, 0.5) is 13.2 Å². The van der Waals surface area contributed by atoms with E-state index in [1.54, 1.807) is 17.0 Å². The summed E-state index contributed by atoms with van der Waals surface area (Å²) in [6, 6.07) is 9.16. The van der Waals surface area contributed by atoms with E-state index in [2.05, 4.69) is 4.90 Å². The lowest BCUT2D eigenvalue weighted by Crippen LogP contribution is -2.49. The van der Waals surface area contributed by atoms with E-state index in [0.29, 0.717) is 45.1 Å². The monoisotopic (exact) mass is 364 g/mol. The van der Waals surface area contributed by atoms with E-state index in [0.717, 1.165) is 12.1 Å². The maximum Gasteiger partial charge on any atom is 0.254 e. The number of hydrogen-bond donors (Lipinski definition) is 0. The smallest absolute Gasteiger partial charge is 0.254 e. The first-order chi connectivity index (χ1) is 12.5. The molecule has 0 bridgehead atoms. The van der Waals surface area contributed by atoms with Gasteiger partial charge in [0.05, 0.1) is 0 Å². The molecule has 1 fully saturated rings. The largest absolute Gasteiger partial charge is 0.492 e. The molecular weight excluding hydrogens is 345 g/mol. The van der Waals surface area contributed by atoms with Gasteiger partial charge in [-0.25, -0.2) is 13.2 Å². The highest BCUT2D eigenvalue weighted by Gasteiger charge is 2.22. The van der Waals surface area contributed by atoms with Crippen molar-refractivity contribution < 1.29 is 22.7 Å². The Bertz CT molecular complexity index is 777. The van der Waals surface area contributed by atoms with Crippen molar-refractivity contribution in [2.75, 3.05) is 39.3 Å². The van der Waals surface area contributed by atoms with Gasteiger partial charge in [0.2, 0.25) is 0 Å². The van der Waals surface area contributed by atoms with Gasteiger partial charge < -0.3 is 9.64 Å². The quantitative estimate of drug-likeness (QED) is 0.818. The van der Waals surface area contributed by atoms with Crippen LogP contribution in [0.1, 0.15) is 10.4 Å². The number of carbonyl (C=O) groups is 1. The summed E-state index contributed by atoms with van der Waals surface area (Å²) in [6.45, 7) is 3.38. The topological polar surface area (TPSA) is 32.8 Å². The zero-order valence-corrected chi connectivity index (χ0v) is 14.1. The van der Waals surface area contributed by atoms with Gasteiger partial charge in [-0.1, -0.05) is 6.07 Å². The van der Waals surface area contributed by atoms with Gasteiger partial charge in [-0.05, 0) is 30.3 Å². The lowest BCUT2D eigenvalue weighted by Gasteiger charge is -2.34. The minimum Gasteiger partial charge on any atom is -0.492 e. The Hall–Kier alpha value is -2.54. The van der Waals surface area contributed by atoms with Crippen molar-refractivity contribution in [3.8, 4) is 5.75 Å². The second-order valence-electron chi connectivity index (χ2n) is 6.07. The van der Waals surface area contributed by atoms with E-state index >= 15 is 0 Å². The predicted octanol–water partition coefficient (Wildman–Crippen LogP) is 2.94. The molecule has 0 atom stereocenters. The molecule has 0 spiro atoms. The van der Waals surface area contributed by atoms with Crippen LogP contribution in [0.5, 0.6) is 5.75 Å². The molecule has 0 unspecified atom stereocenters. The fourth-order valence-corrected chi connectivity index (χ4v) is 2.84. The highest BCUT2D eigenvalue weighted by atomic mass is 19.2. The lowest BCUT2D eigenvalue weighted by molar-refractivity contribution is 0.0619. The molecule has 138 valence electrons. The van der Waals surface area contributed by atoms with Crippen molar-refractivity contribution in [2.24, 2.45) is 0 Å². The molecule has 1 aliphatic heterocycles. The zero-order valence-electron chi connectivity index (χ0n) is 14.1. The van der Waals surface area contributed by atoms with Gasteiger partial charge >= 0.3 is 0 Å². The van der Waals surface area contributed by atoms with Crippen molar-refractivity contribution in [3.63, 3.8) is 0 Å². The van der Waals surface area contributed by atoms with E-state index < -0.39 is 11.6 Å². The maximum atomic E-state index is 13.3. The molecule has 1 saturated heterocycles. The highest BCUT2D eigenvalue weighted by Crippen LogP contribution is 2.14. The third-order valence-electron chi connectivity index (χ3n) is 4.30. The first kappa shape index (κ1) is 18.3. The van der Waals surface area contributed by atoms with Crippen molar-refractivity contribution >= 4 is 5.91 Å². The standard InChI is InChI=1S/C19H19F3N2O2/c20-15-2-1-3-16(13-15)26-11-10-23-6-8-24(9-7-23)19(25)14-4-5-17(21)18(22)12-14/h1-5,12-13H,6-11H2. The van der Waals surface area contributed by atoms with E-state index in [-0.39, 0.29) is 17.3 Å². The van der Waals surface area contributed by atoms with Crippen molar-refractivity contribution in [1.82, 2.24) is 9.80 Å². The van der Waals surface area contributed by atoms with Gasteiger partial charge in [0.15, 0.2) is 11.6 Å². The van der Waals surface area contributed by atoms with E-state index in [1.165, 1.54) is 18.2 Å². The second-order valence-corrected chi connectivity index (χ2v) is 6.07. The van der Waals surface area contributed by atoms with Crippen LogP contribution in [-0.2, 0) is 0 Å². The molecule has 0 radical (unpaired) electrons. The summed E-state index contributed by atoms with van der Waals surface area (Å²) in [5.74, 6) is -2.16. The lowest BCUT2D eigenvalue weighted by atomic mass is 10.1. The van der Waals surface area contributed by atoms with Crippen LogP contribution in [0.2, 0.25) is 0 Å². The maximum absolute atomic E-state index is 13.3. The fraction of sp³-hybridized carbons (Fsp3) is 0.316. The predicted molar refractivity (Wildman–Crippen MR) is 90.6 cm³/mol. The van der Waals surface area contributed by atoms with Gasteiger partial charge in [0, 0.05) is 44.4 Å². The van der Waals surface area contributed by atoms with E-state index in [4.69, 9.17) is 4.74 Å². The summed E-state index contributed by atoms with van der Waals surface area (Å²) >= 11 is 0. The first-order valence-corrected chi connectivity index (χ1v) is 8.38. The minimum atomic E-state index is -1.02. The van der Waals surface area contributed by atoms with Crippen LogP contribution >= 0.6 is 0 Å². The van der Waals surface area contributed by atoms with Crippen molar-refractivity contribution in [1.29, 1.82) is 0 Å². The summed E-state index contributed by atoms with van der Waals surface area (Å²) in [6.07, 6.45) is 0. The molecule has 1 amide bonds. The number of piperazine rings is 1. The summed E-state index contributed by atoms with van der Waals surface area (Å²) in [5.41, 5.74) is 0.145. The number of halogens is 3. The molecule has 0 saturated carbocycles. The Morgan fingerprint density at radius 3 is 2.42 bits per heavy atom. The number of benzene rings is 2. The number of amides is 1. The summed E-state index contributed by atoms with van der Waals surface area (Å²) in [4.78, 5) is 16.1. The molecule has 1 heterocycles. The molecule has 0 aliphatic carbocycles. The van der Waals surface area contributed by atoms with Gasteiger partial charge in [-0.15, -0.1) is 0 Å². The van der Waals surface area contributed by atoms with Gasteiger partial charge in [0.25, 0.3) is 5.91 Å². The molecule has 1 aliphatic rings. The van der Waals surface area contributed by atoms with Crippen LogP contribution < -0.4 is 4.74 Å². The summed E-state index contributed by atoms with van der Waals surface area (Å²) in [7, 11) is 0. The zero-order chi connectivity index (χ0) is 18.5. The average Bonchev–Trinajstić information content (AvgIpc) is 2.64.